The molecule has 1 unspecified atom stereocenters. The SMILES string of the molecule is CNC(Cc1cc(F)ccc1F)c1cc(C)ccn1. The molecule has 1 aromatic heterocycles. The van der Waals surface area contributed by atoms with Crippen molar-refractivity contribution in [3.8, 4) is 0 Å². The molecule has 0 radical (unpaired) electrons. The highest BCUT2D eigenvalue weighted by Crippen LogP contribution is 2.20. The Hall–Kier alpha value is -1.81. The minimum Gasteiger partial charge on any atom is -0.311 e. The molecule has 2 aromatic rings. The molecular formula is C15H16F2N2. The molecule has 0 saturated heterocycles. The van der Waals surface area contributed by atoms with Crippen LogP contribution in [-0.4, -0.2) is 12.0 Å². The Morgan fingerprint density at radius 3 is 2.68 bits per heavy atom. The third-order valence-corrected chi connectivity index (χ3v) is 3.07. The van der Waals surface area contributed by atoms with Gasteiger partial charge in [-0.3, -0.25) is 4.98 Å². The topological polar surface area (TPSA) is 24.9 Å². The average Bonchev–Trinajstić information content (AvgIpc) is 2.39. The summed E-state index contributed by atoms with van der Waals surface area (Å²) in [6.07, 6.45) is 2.08. The van der Waals surface area contributed by atoms with Crippen molar-refractivity contribution in [2.45, 2.75) is 19.4 Å². The zero-order valence-electron chi connectivity index (χ0n) is 11.0. The van der Waals surface area contributed by atoms with Gasteiger partial charge in [-0.25, -0.2) is 8.78 Å². The largest absolute Gasteiger partial charge is 0.311 e. The van der Waals surface area contributed by atoms with Gasteiger partial charge in [-0.15, -0.1) is 0 Å². The van der Waals surface area contributed by atoms with Crippen LogP contribution < -0.4 is 5.32 Å². The van der Waals surface area contributed by atoms with Gasteiger partial charge in [-0.2, -0.15) is 0 Å². The van der Waals surface area contributed by atoms with Crippen molar-refractivity contribution in [1.29, 1.82) is 0 Å². The van der Waals surface area contributed by atoms with Crippen LogP contribution in [0, 0.1) is 18.6 Å². The van der Waals surface area contributed by atoms with Crippen molar-refractivity contribution in [1.82, 2.24) is 10.3 Å². The standard InChI is InChI=1S/C15H16F2N2/c1-10-5-6-19-15(7-10)14(18-2)9-11-8-12(16)3-4-13(11)17/h3-8,14,18H,9H2,1-2H3. The first-order chi connectivity index (χ1) is 9.10. The zero-order chi connectivity index (χ0) is 13.8. The van der Waals surface area contributed by atoms with E-state index >= 15 is 0 Å². The number of benzene rings is 1. The molecule has 0 amide bonds. The van der Waals surface area contributed by atoms with Crippen LogP contribution in [0.5, 0.6) is 0 Å². The fourth-order valence-corrected chi connectivity index (χ4v) is 2.02. The minimum atomic E-state index is -0.427. The third-order valence-electron chi connectivity index (χ3n) is 3.07. The predicted octanol–water partition coefficient (Wildman–Crippen LogP) is 3.17. The highest BCUT2D eigenvalue weighted by atomic mass is 19.1. The van der Waals surface area contributed by atoms with Crippen molar-refractivity contribution < 1.29 is 8.78 Å². The molecule has 0 aliphatic rings. The number of nitrogens with zero attached hydrogens (tertiary/aromatic N) is 1. The van der Waals surface area contributed by atoms with Crippen LogP contribution >= 0.6 is 0 Å². The smallest absolute Gasteiger partial charge is 0.126 e. The summed E-state index contributed by atoms with van der Waals surface area (Å²) >= 11 is 0. The second-order valence-corrected chi connectivity index (χ2v) is 4.54. The second-order valence-electron chi connectivity index (χ2n) is 4.54. The molecule has 0 spiro atoms. The monoisotopic (exact) mass is 262 g/mol. The molecule has 0 fully saturated rings. The molecule has 0 saturated carbocycles. The van der Waals surface area contributed by atoms with E-state index in [1.807, 2.05) is 19.1 Å². The number of likely N-dealkylation sites (N-methyl/N-ethyl adjacent to an activating group) is 1. The summed E-state index contributed by atoms with van der Waals surface area (Å²) in [6, 6.07) is 7.21. The molecule has 4 heteroatoms. The first kappa shape index (κ1) is 13.6. The molecule has 0 aliphatic carbocycles. The van der Waals surface area contributed by atoms with Crippen LogP contribution in [0.2, 0.25) is 0 Å². The van der Waals surface area contributed by atoms with Crippen molar-refractivity contribution in [3.63, 3.8) is 0 Å². The molecule has 1 N–H and O–H groups in total. The Morgan fingerprint density at radius 2 is 2.00 bits per heavy atom. The van der Waals surface area contributed by atoms with Gasteiger partial charge in [0.1, 0.15) is 11.6 Å². The zero-order valence-corrected chi connectivity index (χ0v) is 11.0. The molecule has 0 aliphatic heterocycles. The van der Waals surface area contributed by atoms with Gasteiger partial charge in [0.25, 0.3) is 0 Å². The Bertz CT molecular complexity index is 570. The molecular weight excluding hydrogens is 246 g/mol. The third kappa shape index (κ3) is 3.35. The lowest BCUT2D eigenvalue weighted by molar-refractivity contribution is 0.536. The molecule has 100 valence electrons. The summed E-state index contributed by atoms with van der Waals surface area (Å²) in [4.78, 5) is 4.28. The summed E-state index contributed by atoms with van der Waals surface area (Å²) in [5.74, 6) is -0.822. The first-order valence-corrected chi connectivity index (χ1v) is 6.14. The summed E-state index contributed by atoms with van der Waals surface area (Å²) in [6.45, 7) is 1.97. The number of pyridine rings is 1. The number of aromatic nitrogens is 1. The number of nitrogens with one attached hydrogen (secondary N) is 1. The molecule has 19 heavy (non-hydrogen) atoms. The molecule has 0 bridgehead atoms. The van der Waals surface area contributed by atoms with E-state index in [1.54, 1.807) is 13.2 Å². The number of halogens is 2. The van der Waals surface area contributed by atoms with Gasteiger partial charge in [-0.05, 0) is 61.9 Å². The fraction of sp³-hybridized carbons (Fsp3) is 0.267. The summed E-state index contributed by atoms with van der Waals surface area (Å²) in [7, 11) is 1.78. The quantitative estimate of drug-likeness (QED) is 0.915. The van der Waals surface area contributed by atoms with Crippen LogP contribution in [0.25, 0.3) is 0 Å². The summed E-state index contributed by atoms with van der Waals surface area (Å²) in [5.41, 5.74) is 2.26. The Balaban J connectivity index is 2.26. The van der Waals surface area contributed by atoms with Gasteiger partial charge >= 0.3 is 0 Å². The number of aryl methyl sites for hydroxylation is 1. The lowest BCUT2D eigenvalue weighted by atomic mass is 10.0. The van der Waals surface area contributed by atoms with E-state index in [4.69, 9.17) is 0 Å². The van der Waals surface area contributed by atoms with Crippen LogP contribution in [0.4, 0.5) is 8.78 Å². The van der Waals surface area contributed by atoms with Crippen LogP contribution in [0.3, 0.4) is 0 Å². The van der Waals surface area contributed by atoms with Crippen LogP contribution in [0.15, 0.2) is 36.5 Å². The highest BCUT2D eigenvalue weighted by molar-refractivity contribution is 5.23. The maximum atomic E-state index is 13.6. The molecule has 1 aromatic carbocycles. The molecule has 1 heterocycles. The van der Waals surface area contributed by atoms with Gasteiger partial charge < -0.3 is 5.32 Å². The van der Waals surface area contributed by atoms with E-state index in [0.717, 1.165) is 23.4 Å². The average molecular weight is 262 g/mol. The second kappa shape index (κ2) is 5.89. The Morgan fingerprint density at radius 1 is 1.21 bits per heavy atom. The summed E-state index contributed by atoms with van der Waals surface area (Å²) in [5, 5.41) is 3.09. The van der Waals surface area contributed by atoms with Crippen LogP contribution in [-0.2, 0) is 6.42 Å². The normalized spacial score (nSPS) is 12.4. The predicted molar refractivity (Wildman–Crippen MR) is 70.8 cm³/mol. The van der Waals surface area contributed by atoms with Crippen LogP contribution in [0.1, 0.15) is 22.9 Å². The van der Waals surface area contributed by atoms with E-state index in [0.29, 0.717) is 12.0 Å². The molecule has 1 atom stereocenters. The molecule has 2 rings (SSSR count). The summed E-state index contributed by atoms with van der Waals surface area (Å²) < 4.78 is 26.8. The van der Waals surface area contributed by atoms with Crippen molar-refractivity contribution >= 4 is 0 Å². The number of hydrogen-bond acceptors (Lipinski definition) is 2. The van der Waals surface area contributed by atoms with Gasteiger partial charge in [-0.1, -0.05) is 0 Å². The van der Waals surface area contributed by atoms with E-state index < -0.39 is 11.6 Å². The van der Waals surface area contributed by atoms with Gasteiger partial charge in [0.05, 0.1) is 11.7 Å². The van der Waals surface area contributed by atoms with E-state index in [9.17, 15) is 8.78 Å². The van der Waals surface area contributed by atoms with Gasteiger partial charge in [0, 0.05) is 6.20 Å². The number of hydrogen-bond donors (Lipinski definition) is 1. The van der Waals surface area contributed by atoms with Gasteiger partial charge in [0.15, 0.2) is 0 Å². The Kier molecular flexibility index (Phi) is 4.22. The molecule has 2 nitrogen and oxygen atoms in total. The Labute approximate surface area is 111 Å². The van der Waals surface area contributed by atoms with Crippen molar-refractivity contribution in [2.75, 3.05) is 7.05 Å². The lowest BCUT2D eigenvalue weighted by Gasteiger charge is -2.16. The van der Waals surface area contributed by atoms with E-state index in [2.05, 4.69) is 10.3 Å². The van der Waals surface area contributed by atoms with Crippen molar-refractivity contribution in [2.24, 2.45) is 0 Å². The van der Waals surface area contributed by atoms with Crippen molar-refractivity contribution in [3.05, 3.63) is 65.0 Å². The van der Waals surface area contributed by atoms with Gasteiger partial charge in [0.2, 0.25) is 0 Å². The fourth-order valence-electron chi connectivity index (χ4n) is 2.02. The lowest BCUT2D eigenvalue weighted by Crippen LogP contribution is -2.20. The maximum absolute atomic E-state index is 13.6. The first-order valence-electron chi connectivity index (χ1n) is 6.14. The van der Waals surface area contributed by atoms with E-state index in [-0.39, 0.29) is 6.04 Å². The van der Waals surface area contributed by atoms with E-state index in [1.165, 1.54) is 6.07 Å². The highest BCUT2D eigenvalue weighted by Gasteiger charge is 2.14. The minimum absolute atomic E-state index is 0.142. The maximum Gasteiger partial charge on any atom is 0.126 e. The number of rotatable bonds is 4.